The lowest BCUT2D eigenvalue weighted by Crippen LogP contribution is -2.54. The molecule has 7 heteroatoms. The number of morpholine rings is 1. The van der Waals surface area contributed by atoms with Gasteiger partial charge in [-0.2, -0.15) is 0 Å². The first-order valence-electron chi connectivity index (χ1n) is 6.11. The smallest absolute Gasteiger partial charge is 0.331 e. The Kier molecular flexibility index (Phi) is 4.52. The molecule has 0 aromatic heterocycles. The van der Waals surface area contributed by atoms with Gasteiger partial charge in [-0.1, -0.05) is 12.1 Å². The molecule has 1 aliphatic rings. The molecule has 0 saturated carbocycles. The molecule has 2 amide bonds. The number of ether oxygens (including phenoxy) is 2. The molecule has 20 heavy (non-hydrogen) atoms. The molecule has 1 saturated heterocycles. The van der Waals surface area contributed by atoms with E-state index in [9.17, 15) is 14.0 Å². The monoisotopic (exact) mass is 282 g/mol. The summed E-state index contributed by atoms with van der Waals surface area (Å²) in [6.45, 7) is 0.621. The standard InChI is InChI=1S/C13H15FN2O4/c1-19-12(17)11-8-20-7-6-16(11)13(18)15-10-5-3-2-4-9(10)14/h2-5,11H,6-8H2,1H3,(H,15,18). The SMILES string of the molecule is COC(=O)C1COCCN1C(=O)Nc1ccccc1F. The molecule has 1 heterocycles. The quantitative estimate of drug-likeness (QED) is 0.828. The number of halogens is 1. The van der Waals surface area contributed by atoms with Gasteiger partial charge in [-0.05, 0) is 12.1 Å². The molecule has 2 rings (SSSR count). The van der Waals surface area contributed by atoms with Gasteiger partial charge in [0.05, 0.1) is 26.0 Å². The molecule has 1 fully saturated rings. The largest absolute Gasteiger partial charge is 0.467 e. The third-order valence-corrected chi connectivity index (χ3v) is 2.98. The molecule has 1 aromatic carbocycles. The van der Waals surface area contributed by atoms with E-state index in [4.69, 9.17) is 4.74 Å². The summed E-state index contributed by atoms with van der Waals surface area (Å²) >= 11 is 0. The highest BCUT2D eigenvalue weighted by Gasteiger charge is 2.33. The van der Waals surface area contributed by atoms with E-state index in [0.29, 0.717) is 6.61 Å². The molecule has 1 aromatic rings. The van der Waals surface area contributed by atoms with Gasteiger partial charge in [0.2, 0.25) is 0 Å². The van der Waals surface area contributed by atoms with Crippen molar-refractivity contribution in [3.63, 3.8) is 0 Å². The molecule has 0 radical (unpaired) electrons. The van der Waals surface area contributed by atoms with Crippen molar-refractivity contribution in [3.8, 4) is 0 Å². The van der Waals surface area contributed by atoms with Crippen LogP contribution in [0.4, 0.5) is 14.9 Å². The van der Waals surface area contributed by atoms with Crippen molar-refractivity contribution in [1.82, 2.24) is 4.90 Å². The van der Waals surface area contributed by atoms with Crippen LogP contribution in [0.5, 0.6) is 0 Å². The van der Waals surface area contributed by atoms with Gasteiger partial charge < -0.3 is 19.7 Å². The maximum atomic E-state index is 13.5. The summed E-state index contributed by atoms with van der Waals surface area (Å²) in [6.07, 6.45) is 0. The van der Waals surface area contributed by atoms with Crippen LogP contribution in [-0.4, -0.2) is 49.8 Å². The Morgan fingerprint density at radius 2 is 2.20 bits per heavy atom. The van der Waals surface area contributed by atoms with Crippen molar-refractivity contribution in [3.05, 3.63) is 30.1 Å². The van der Waals surface area contributed by atoms with Crippen LogP contribution in [0, 0.1) is 5.82 Å². The van der Waals surface area contributed by atoms with Gasteiger partial charge in [-0.25, -0.2) is 14.0 Å². The van der Waals surface area contributed by atoms with E-state index in [1.165, 1.54) is 30.2 Å². The summed E-state index contributed by atoms with van der Waals surface area (Å²) in [6, 6.07) is 4.44. The minimum Gasteiger partial charge on any atom is -0.467 e. The average molecular weight is 282 g/mol. The number of carbonyl (C=O) groups excluding carboxylic acids is 2. The van der Waals surface area contributed by atoms with Crippen LogP contribution in [0.3, 0.4) is 0 Å². The molecule has 1 unspecified atom stereocenters. The maximum Gasteiger partial charge on any atom is 0.331 e. The van der Waals surface area contributed by atoms with Crippen LogP contribution in [0.2, 0.25) is 0 Å². The lowest BCUT2D eigenvalue weighted by atomic mass is 10.2. The zero-order valence-electron chi connectivity index (χ0n) is 11.0. The van der Waals surface area contributed by atoms with Crippen LogP contribution in [0.25, 0.3) is 0 Å². The Hall–Kier alpha value is -2.15. The second-order valence-corrected chi connectivity index (χ2v) is 4.22. The molecule has 0 spiro atoms. The van der Waals surface area contributed by atoms with Crippen LogP contribution < -0.4 is 5.32 Å². The lowest BCUT2D eigenvalue weighted by molar-refractivity contribution is -0.150. The molecule has 6 nitrogen and oxygen atoms in total. The van der Waals surface area contributed by atoms with Gasteiger partial charge in [0, 0.05) is 6.54 Å². The molecular weight excluding hydrogens is 267 g/mol. The van der Waals surface area contributed by atoms with Crippen molar-refractivity contribution in [2.24, 2.45) is 0 Å². The Labute approximate surface area is 115 Å². The normalized spacial score (nSPS) is 18.5. The highest BCUT2D eigenvalue weighted by atomic mass is 19.1. The number of hydrogen-bond donors (Lipinski definition) is 1. The summed E-state index contributed by atoms with van der Waals surface area (Å²) in [7, 11) is 1.24. The second kappa shape index (κ2) is 6.33. The van der Waals surface area contributed by atoms with Gasteiger partial charge in [0.1, 0.15) is 5.82 Å². The van der Waals surface area contributed by atoms with E-state index in [-0.39, 0.29) is 18.8 Å². The Morgan fingerprint density at radius 3 is 2.90 bits per heavy atom. The molecule has 1 aliphatic heterocycles. The van der Waals surface area contributed by atoms with Gasteiger partial charge in [0.15, 0.2) is 6.04 Å². The van der Waals surface area contributed by atoms with Crippen LogP contribution in [0.1, 0.15) is 0 Å². The first-order valence-corrected chi connectivity index (χ1v) is 6.11. The first-order chi connectivity index (χ1) is 9.63. The van der Waals surface area contributed by atoms with Crippen molar-refractivity contribution in [2.45, 2.75) is 6.04 Å². The number of hydrogen-bond acceptors (Lipinski definition) is 4. The van der Waals surface area contributed by atoms with Crippen molar-refractivity contribution < 1.29 is 23.5 Å². The van der Waals surface area contributed by atoms with Gasteiger partial charge >= 0.3 is 12.0 Å². The van der Waals surface area contributed by atoms with E-state index in [0.717, 1.165) is 0 Å². The lowest BCUT2D eigenvalue weighted by Gasteiger charge is -2.33. The summed E-state index contributed by atoms with van der Waals surface area (Å²) < 4.78 is 23.3. The van der Waals surface area contributed by atoms with Gasteiger partial charge in [0.25, 0.3) is 0 Å². The predicted octanol–water partition coefficient (Wildman–Crippen LogP) is 1.23. The minimum atomic E-state index is -0.819. The Balaban J connectivity index is 2.10. The fourth-order valence-electron chi connectivity index (χ4n) is 1.93. The van der Waals surface area contributed by atoms with E-state index in [2.05, 4.69) is 10.1 Å². The first kappa shape index (κ1) is 14.3. The van der Waals surface area contributed by atoms with E-state index in [1.807, 2.05) is 0 Å². The van der Waals surface area contributed by atoms with Gasteiger partial charge in [-0.15, -0.1) is 0 Å². The highest BCUT2D eigenvalue weighted by molar-refractivity contribution is 5.92. The number of esters is 1. The number of urea groups is 1. The molecule has 108 valence electrons. The van der Waals surface area contributed by atoms with Crippen LogP contribution in [-0.2, 0) is 14.3 Å². The van der Waals surface area contributed by atoms with Crippen molar-refractivity contribution in [2.75, 3.05) is 32.2 Å². The summed E-state index contributed by atoms with van der Waals surface area (Å²) in [4.78, 5) is 25.0. The minimum absolute atomic E-state index is 0.0626. The number of para-hydroxylation sites is 1. The molecule has 0 aliphatic carbocycles. The summed E-state index contributed by atoms with van der Waals surface area (Å²) in [5, 5.41) is 2.44. The van der Waals surface area contributed by atoms with Crippen LogP contribution in [0.15, 0.2) is 24.3 Å². The van der Waals surface area contributed by atoms with E-state index < -0.39 is 23.9 Å². The fourth-order valence-corrected chi connectivity index (χ4v) is 1.93. The number of amides is 2. The number of methoxy groups -OCH3 is 1. The zero-order valence-corrected chi connectivity index (χ0v) is 11.0. The van der Waals surface area contributed by atoms with Crippen molar-refractivity contribution in [1.29, 1.82) is 0 Å². The summed E-state index contributed by atoms with van der Waals surface area (Å²) in [5.41, 5.74) is 0.0626. The predicted molar refractivity (Wildman–Crippen MR) is 68.7 cm³/mol. The second-order valence-electron chi connectivity index (χ2n) is 4.22. The highest BCUT2D eigenvalue weighted by Crippen LogP contribution is 2.15. The van der Waals surface area contributed by atoms with E-state index >= 15 is 0 Å². The Bertz CT molecular complexity index is 509. The number of benzene rings is 1. The topological polar surface area (TPSA) is 67.9 Å². The molecular formula is C13H15FN2O4. The number of anilines is 1. The zero-order chi connectivity index (χ0) is 14.5. The summed E-state index contributed by atoms with van der Waals surface area (Å²) in [5.74, 6) is -1.10. The number of nitrogens with one attached hydrogen (secondary N) is 1. The molecule has 1 atom stereocenters. The fraction of sp³-hybridized carbons (Fsp3) is 0.385. The average Bonchev–Trinajstić information content (AvgIpc) is 2.48. The number of rotatable bonds is 2. The van der Waals surface area contributed by atoms with Crippen molar-refractivity contribution >= 4 is 17.7 Å². The van der Waals surface area contributed by atoms with Crippen LogP contribution >= 0.6 is 0 Å². The maximum absolute atomic E-state index is 13.5. The number of nitrogens with zero attached hydrogens (tertiary/aromatic N) is 1. The van der Waals surface area contributed by atoms with E-state index in [1.54, 1.807) is 6.07 Å². The van der Waals surface area contributed by atoms with Gasteiger partial charge in [-0.3, -0.25) is 0 Å². The Morgan fingerprint density at radius 1 is 1.45 bits per heavy atom. The molecule has 0 bridgehead atoms. The number of carbonyl (C=O) groups is 2. The molecule has 1 N–H and O–H groups in total. The third-order valence-electron chi connectivity index (χ3n) is 2.98. The third kappa shape index (κ3) is 3.05.